The van der Waals surface area contributed by atoms with E-state index in [1.54, 1.807) is 0 Å². The van der Waals surface area contributed by atoms with Gasteiger partial charge in [-0.1, -0.05) is 4.49 Å². The molecule has 4 nitrogen and oxygen atoms in total. The molecule has 1 heterocycles. The number of nitrogens with zero attached hydrogens (tertiary/aromatic N) is 2. The van der Waals surface area contributed by atoms with Gasteiger partial charge in [0.15, 0.2) is 0 Å². The summed E-state index contributed by atoms with van der Waals surface area (Å²) in [6.07, 6.45) is 4.01. The van der Waals surface area contributed by atoms with Gasteiger partial charge in [-0.05, 0) is 17.6 Å². The first-order chi connectivity index (χ1) is 4.79. The van der Waals surface area contributed by atoms with E-state index in [0.717, 1.165) is 22.5 Å². The van der Waals surface area contributed by atoms with Crippen molar-refractivity contribution in [3.8, 4) is 0 Å². The predicted octanol–water partition coefficient (Wildman–Crippen LogP) is 0.636. The van der Waals surface area contributed by atoms with E-state index in [-0.39, 0.29) is 0 Å². The molecule has 5 heteroatoms. The first kappa shape index (κ1) is 6.88. The first-order valence-electron chi connectivity index (χ1n) is 2.47. The number of carboxylic acids is 1. The number of carbonyl (C=O) groups is 1. The Morgan fingerprint density at radius 1 is 1.80 bits per heavy atom. The summed E-state index contributed by atoms with van der Waals surface area (Å²) in [7, 11) is 0. The van der Waals surface area contributed by atoms with E-state index in [9.17, 15) is 4.79 Å². The summed E-state index contributed by atoms with van der Waals surface area (Å²) in [5.41, 5.74) is 0. The molecule has 1 aromatic rings. The highest BCUT2D eigenvalue weighted by molar-refractivity contribution is 7.06. The van der Waals surface area contributed by atoms with Gasteiger partial charge in [-0.15, -0.1) is 5.10 Å². The second-order valence-corrected chi connectivity index (χ2v) is 2.31. The van der Waals surface area contributed by atoms with Gasteiger partial charge < -0.3 is 5.11 Å². The van der Waals surface area contributed by atoms with Crippen molar-refractivity contribution in [2.45, 2.75) is 0 Å². The molecular weight excluding hydrogens is 152 g/mol. The minimum absolute atomic E-state index is 0.738. The lowest BCUT2D eigenvalue weighted by Crippen LogP contribution is -1.84. The molecule has 1 rings (SSSR count). The van der Waals surface area contributed by atoms with Crippen LogP contribution in [0, 0.1) is 0 Å². The van der Waals surface area contributed by atoms with Gasteiger partial charge in [-0.25, -0.2) is 4.79 Å². The molecule has 0 spiro atoms. The monoisotopic (exact) mass is 156 g/mol. The van der Waals surface area contributed by atoms with Crippen molar-refractivity contribution < 1.29 is 9.90 Å². The molecule has 1 N–H and O–H groups in total. The zero-order valence-electron chi connectivity index (χ0n) is 4.89. The Morgan fingerprint density at radius 2 is 2.60 bits per heavy atom. The second-order valence-electron chi connectivity index (χ2n) is 1.49. The van der Waals surface area contributed by atoms with Crippen LogP contribution in [0.4, 0.5) is 0 Å². The zero-order valence-corrected chi connectivity index (χ0v) is 5.71. The molecular formula is C5H4N2O2S. The molecule has 0 aliphatic carbocycles. The van der Waals surface area contributed by atoms with Crippen molar-refractivity contribution >= 4 is 23.6 Å². The Morgan fingerprint density at radius 3 is 3.10 bits per heavy atom. The molecule has 0 saturated carbocycles. The molecule has 0 aliphatic heterocycles. The summed E-state index contributed by atoms with van der Waals surface area (Å²) in [5, 5.41) is 11.7. The van der Waals surface area contributed by atoms with Gasteiger partial charge in [0.05, 0.1) is 11.1 Å². The number of hydrogen-bond acceptors (Lipinski definition) is 4. The molecule has 1 aromatic heterocycles. The molecule has 0 unspecified atom stereocenters. The van der Waals surface area contributed by atoms with Crippen LogP contribution < -0.4 is 0 Å². The number of aromatic nitrogens is 2. The quantitative estimate of drug-likeness (QED) is 0.638. The Hall–Kier alpha value is -1.23. The van der Waals surface area contributed by atoms with Gasteiger partial charge in [-0.3, -0.25) is 0 Å². The van der Waals surface area contributed by atoms with Gasteiger partial charge in [0.2, 0.25) is 0 Å². The fraction of sp³-hybridized carbons (Fsp3) is 0. The maximum atomic E-state index is 9.97. The number of hydrogen-bond donors (Lipinski definition) is 1. The average molecular weight is 156 g/mol. The first-order valence-corrected chi connectivity index (χ1v) is 3.25. The molecule has 0 fully saturated rings. The molecule has 0 aliphatic rings. The highest BCUT2D eigenvalue weighted by Crippen LogP contribution is 2.03. The topological polar surface area (TPSA) is 63.1 Å². The molecule has 0 bridgehead atoms. The Kier molecular flexibility index (Phi) is 2.11. The average Bonchev–Trinajstić information content (AvgIpc) is 2.34. The zero-order chi connectivity index (χ0) is 7.40. The third-order valence-electron chi connectivity index (χ3n) is 0.769. The van der Waals surface area contributed by atoms with Crippen LogP contribution in [-0.2, 0) is 4.79 Å². The fourth-order valence-corrected chi connectivity index (χ4v) is 0.813. The molecule has 0 saturated heterocycles. The molecule has 0 atom stereocenters. The highest BCUT2D eigenvalue weighted by Gasteiger charge is 1.89. The molecule has 10 heavy (non-hydrogen) atoms. The molecule has 0 aromatic carbocycles. The third-order valence-corrected chi connectivity index (χ3v) is 1.40. The van der Waals surface area contributed by atoms with Crippen molar-refractivity contribution in [3.63, 3.8) is 0 Å². The summed E-state index contributed by atoms with van der Waals surface area (Å²) in [5.74, 6) is -0.964. The molecule has 0 radical (unpaired) electrons. The number of carboxylic acid groups (broad SMARTS) is 1. The SMILES string of the molecule is O=C(O)C=Cc1cnns1. The van der Waals surface area contributed by atoms with Crippen LogP contribution in [0.1, 0.15) is 4.88 Å². The van der Waals surface area contributed by atoms with Crippen LogP contribution in [0.3, 0.4) is 0 Å². The maximum absolute atomic E-state index is 9.97. The maximum Gasteiger partial charge on any atom is 0.328 e. The highest BCUT2D eigenvalue weighted by atomic mass is 32.1. The summed E-state index contributed by atoms with van der Waals surface area (Å²) in [4.78, 5) is 10.7. The van der Waals surface area contributed by atoms with E-state index in [0.29, 0.717) is 0 Å². The lowest BCUT2D eigenvalue weighted by molar-refractivity contribution is -0.131. The van der Waals surface area contributed by atoms with Crippen molar-refractivity contribution in [2.24, 2.45) is 0 Å². The molecule has 0 amide bonds. The minimum Gasteiger partial charge on any atom is -0.478 e. The van der Waals surface area contributed by atoms with Crippen molar-refractivity contribution in [2.75, 3.05) is 0 Å². The third kappa shape index (κ3) is 1.94. The van der Waals surface area contributed by atoms with Crippen LogP contribution >= 0.6 is 11.5 Å². The standard InChI is InChI=1S/C5H4N2O2S/c8-5(9)2-1-4-3-6-7-10-4/h1-3H,(H,8,9). The normalized spacial score (nSPS) is 10.4. The van der Waals surface area contributed by atoms with Crippen molar-refractivity contribution in [1.29, 1.82) is 0 Å². The Labute approximate surface area is 61.0 Å². The van der Waals surface area contributed by atoms with Gasteiger partial charge in [0.1, 0.15) is 0 Å². The van der Waals surface area contributed by atoms with E-state index < -0.39 is 5.97 Å². The van der Waals surface area contributed by atoms with Crippen LogP contribution in [0.25, 0.3) is 6.08 Å². The van der Waals surface area contributed by atoms with E-state index in [2.05, 4.69) is 9.59 Å². The van der Waals surface area contributed by atoms with Crippen molar-refractivity contribution in [1.82, 2.24) is 9.59 Å². The van der Waals surface area contributed by atoms with Crippen molar-refractivity contribution in [3.05, 3.63) is 17.2 Å². The second kappa shape index (κ2) is 3.07. The summed E-state index contributed by atoms with van der Waals surface area (Å²) < 4.78 is 3.55. The van der Waals surface area contributed by atoms with Gasteiger partial charge in [-0.2, -0.15) is 0 Å². The van der Waals surface area contributed by atoms with Crippen LogP contribution in [-0.4, -0.2) is 20.7 Å². The Bertz CT molecular complexity index is 242. The fourth-order valence-electron chi connectivity index (χ4n) is 0.402. The smallest absolute Gasteiger partial charge is 0.328 e. The van der Waals surface area contributed by atoms with Crippen LogP contribution in [0.2, 0.25) is 0 Å². The van der Waals surface area contributed by atoms with E-state index >= 15 is 0 Å². The Balaban J connectivity index is 2.64. The number of aliphatic carboxylic acids is 1. The predicted molar refractivity (Wildman–Crippen MR) is 36.6 cm³/mol. The molecule has 52 valence electrons. The van der Waals surface area contributed by atoms with E-state index in [1.165, 1.54) is 12.3 Å². The lowest BCUT2D eigenvalue weighted by Gasteiger charge is -1.76. The summed E-state index contributed by atoms with van der Waals surface area (Å²) in [6, 6.07) is 0. The summed E-state index contributed by atoms with van der Waals surface area (Å²) >= 11 is 1.15. The lowest BCUT2D eigenvalue weighted by atomic mass is 10.4. The van der Waals surface area contributed by atoms with Crippen LogP contribution in [0.5, 0.6) is 0 Å². The van der Waals surface area contributed by atoms with E-state index in [4.69, 9.17) is 5.11 Å². The van der Waals surface area contributed by atoms with Gasteiger partial charge >= 0.3 is 5.97 Å². The van der Waals surface area contributed by atoms with E-state index in [1.807, 2.05) is 0 Å². The number of rotatable bonds is 2. The van der Waals surface area contributed by atoms with Crippen LogP contribution in [0.15, 0.2) is 12.3 Å². The van der Waals surface area contributed by atoms with Gasteiger partial charge in [0, 0.05) is 6.08 Å². The van der Waals surface area contributed by atoms with Gasteiger partial charge in [0.25, 0.3) is 0 Å². The minimum atomic E-state index is -0.964. The largest absolute Gasteiger partial charge is 0.478 e. The summed E-state index contributed by atoms with van der Waals surface area (Å²) in [6.45, 7) is 0.